The molecule has 0 saturated heterocycles. The van der Waals surface area contributed by atoms with Crippen molar-refractivity contribution in [2.45, 2.75) is 26.7 Å². The Bertz CT molecular complexity index is 1030. The molecule has 0 saturated carbocycles. The SMILES string of the molecule is CC(Cc1ccc(-c2ccnc(C)c2)cc1)=Nc1ccc(C2=CCNCC2)nc1. The quantitative estimate of drug-likeness (QED) is 0.620. The van der Waals surface area contributed by atoms with Crippen LogP contribution >= 0.6 is 0 Å². The zero-order valence-corrected chi connectivity index (χ0v) is 17.0. The van der Waals surface area contributed by atoms with Crippen LogP contribution in [0.5, 0.6) is 0 Å². The predicted molar refractivity (Wildman–Crippen MR) is 121 cm³/mol. The number of aryl methyl sites for hydroxylation is 1. The van der Waals surface area contributed by atoms with Crippen molar-refractivity contribution < 1.29 is 0 Å². The van der Waals surface area contributed by atoms with Crippen LogP contribution < -0.4 is 5.32 Å². The predicted octanol–water partition coefficient (Wildman–Crippen LogP) is 5.16. The summed E-state index contributed by atoms with van der Waals surface area (Å²) in [5.41, 5.74) is 9.06. The molecule has 29 heavy (non-hydrogen) atoms. The van der Waals surface area contributed by atoms with Gasteiger partial charge < -0.3 is 5.32 Å². The van der Waals surface area contributed by atoms with Crippen molar-refractivity contribution in [2.24, 2.45) is 4.99 Å². The second-order valence-electron chi connectivity index (χ2n) is 7.49. The zero-order valence-electron chi connectivity index (χ0n) is 17.0. The van der Waals surface area contributed by atoms with Gasteiger partial charge >= 0.3 is 0 Å². The van der Waals surface area contributed by atoms with Gasteiger partial charge in [-0.1, -0.05) is 30.3 Å². The molecule has 1 aromatic carbocycles. The Kier molecular flexibility index (Phi) is 5.92. The lowest BCUT2D eigenvalue weighted by molar-refractivity contribution is 0.737. The lowest BCUT2D eigenvalue weighted by atomic mass is 10.0. The number of benzene rings is 1. The number of hydrogen-bond acceptors (Lipinski definition) is 4. The number of nitrogens with zero attached hydrogens (tertiary/aromatic N) is 3. The molecule has 3 aromatic rings. The molecule has 0 atom stereocenters. The van der Waals surface area contributed by atoms with E-state index >= 15 is 0 Å². The van der Waals surface area contributed by atoms with Gasteiger partial charge in [-0.05, 0) is 73.3 Å². The molecule has 0 bridgehead atoms. The molecule has 1 aliphatic rings. The fraction of sp³-hybridized carbons (Fsp3) is 0.240. The summed E-state index contributed by atoms with van der Waals surface area (Å²) in [5.74, 6) is 0. The lowest BCUT2D eigenvalue weighted by Gasteiger charge is -2.13. The molecule has 4 nitrogen and oxygen atoms in total. The highest BCUT2D eigenvalue weighted by Crippen LogP contribution is 2.22. The highest BCUT2D eigenvalue weighted by Gasteiger charge is 2.07. The van der Waals surface area contributed by atoms with E-state index in [-0.39, 0.29) is 0 Å². The number of pyridine rings is 2. The molecular formula is C25H26N4. The van der Waals surface area contributed by atoms with Crippen molar-refractivity contribution in [1.82, 2.24) is 15.3 Å². The monoisotopic (exact) mass is 382 g/mol. The second-order valence-corrected chi connectivity index (χ2v) is 7.49. The fourth-order valence-corrected chi connectivity index (χ4v) is 3.59. The minimum Gasteiger partial charge on any atom is -0.313 e. The molecule has 0 unspecified atom stereocenters. The molecule has 4 rings (SSSR count). The summed E-state index contributed by atoms with van der Waals surface area (Å²) < 4.78 is 0. The van der Waals surface area contributed by atoms with Crippen molar-refractivity contribution in [2.75, 3.05) is 13.1 Å². The summed E-state index contributed by atoms with van der Waals surface area (Å²) in [6.07, 6.45) is 7.81. The van der Waals surface area contributed by atoms with Crippen molar-refractivity contribution in [3.63, 3.8) is 0 Å². The van der Waals surface area contributed by atoms with Crippen molar-refractivity contribution in [3.8, 4) is 11.1 Å². The summed E-state index contributed by atoms with van der Waals surface area (Å²) in [4.78, 5) is 13.6. The van der Waals surface area contributed by atoms with Crippen LogP contribution in [0, 0.1) is 6.92 Å². The smallest absolute Gasteiger partial charge is 0.0812 e. The Morgan fingerprint density at radius 1 is 1.03 bits per heavy atom. The van der Waals surface area contributed by atoms with Crippen LogP contribution in [-0.2, 0) is 6.42 Å². The molecule has 4 heteroatoms. The Hall–Kier alpha value is -3.11. The van der Waals surface area contributed by atoms with E-state index in [1.807, 2.05) is 25.4 Å². The van der Waals surface area contributed by atoms with E-state index in [1.165, 1.54) is 22.3 Å². The topological polar surface area (TPSA) is 50.2 Å². The molecule has 146 valence electrons. The van der Waals surface area contributed by atoms with Crippen molar-refractivity contribution in [3.05, 3.63) is 84.0 Å². The molecule has 2 aromatic heterocycles. The third-order valence-electron chi connectivity index (χ3n) is 5.10. The van der Waals surface area contributed by atoms with Gasteiger partial charge in [-0.15, -0.1) is 0 Å². The maximum atomic E-state index is 4.75. The number of aromatic nitrogens is 2. The molecule has 1 aliphatic heterocycles. The summed E-state index contributed by atoms with van der Waals surface area (Å²) >= 11 is 0. The summed E-state index contributed by atoms with van der Waals surface area (Å²) in [6, 6.07) is 17.0. The largest absolute Gasteiger partial charge is 0.313 e. The van der Waals surface area contributed by atoms with Crippen LogP contribution in [0.4, 0.5) is 5.69 Å². The van der Waals surface area contributed by atoms with Gasteiger partial charge in [0.2, 0.25) is 0 Å². The Labute approximate surface area is 172 Å². The van der Waals surface area contributed by atoms with Crippen LogP contribution in [0.2, 0.25) is 0 Å². The van der Waals surface area contributed by atoms with Gasteiger partial charge in [0.05, 0.1) is 17.6 Å². The molecule has 0 fully saturated rings. The maximum absolute atomic E-state index is 4.75. The summed E-state index contributed by atoms with van der Waals surface area (Å²) in [7, 11) is 0. The Morgan fingerprint density at radius 3 is 2.59 bits per heavy atom. The van der Waals surface area contributed by atoms with E-state index in [9.17, 15) is 0 Å². The second kappa shape index (κ2) is 8.93. The van der Waals surface area contributed by atoms with Gasteiger partial charge in [-0.3, -0.25) is 15.0 Å². The van der Waals surface area contributed by atoms with Gasteiger partial charge in [0, 0.05) is 30.6 Å². The third kappa shape index (κ3) is 5.04. The van der Waals surface area contributed by atoms with Gasteiger partial charge in [-0.25, -0.2) is 0 Å². The first-order chi connectivity index (χ1) is 14.2. The molecule has 0 radical (unpaired) electrons. The standard InChI is InChI=1S/C25H26N4/c1-18-16-23(11-14-27-18)21-5-3-20(4-6-21)15-19(2)29-24-7-8-25(28-17-24)22-9-12-26-13-10-22/h3-9,11,14,16-17,26H,10,12-13,15H2,1-2H3. The summed E-state index contributed by atoms with van der Waals surface area (Å²) in [5, 5.41) is 3.33. The first-order valence-electron chi connectivity index (χ1n) is 10.1. The first kappa shape index (κ1) is 19.2. The van der Waals surface area contributed by atoms with Crippen LogP contribution in [0.15, 0.2) is 72.0 Å². The Morgan fingerprint density at radius 2 is 1.90 bits per heavy atom. The Balaban J connectivity index is 1.42. The van der Waals surface area contributed by atoms with Gasteiger partial charge in [-0.2, -0.15) is 0 Å². The van der Waals surface area contributed by atoms with E-state index in [1.54, 1.807) is 0 Å². The molecular weight excluding hydrogens is 356 g/mol. The van der Waals surface area contributed by atoms with E-state index in [2.05, 4.69) is 70.7 Å². The van der Waals surface area contributed by atoms with Gasteiger partial charge in [0.15, 0.2) is 0 Å². The number of rotatable bonds is 5. The highest BCUT2D eigenvalue weighted by atomic mass is 14.9. The molecule has 0 aliphatic carbocycles. The van der Waals surface area contributed by atoms with Crippen LogP contribution in [0.25, 0.3) is 16.7 Å². The third-order valence-corrected chi connectivity index (χ3v) is 5.10. The van der Waals surface area contributed by atoms with Crippen LogP contribution in [0.1, 0.15) is 30.3 Å². The average molecular weight is 383 g/mol. The van der Waals surface area contributed by atoms with Crippen LogP contribution in [0.3, 0.4) is 0 Å². The van der Waals surface area contributed by atoms with Crippen LogP contribution in [-0.4, -0.2) is 28.8 Å². The van der Waals surface area contributed by atoms with E-state index in [0.717, 1.165) is 48.7 Å². The van der Waals surface area contributed by atoms with E-state index in [4.69, 9.17) is 4.99 Å². The maximum Gasteiger partial charge on any atom is 0.0812 e. The summed E-state index contributed by atoms with van der Waals surface area (Å²) in [6.45, 7) is 6.04. The molecule has 3 heterocycles. The normalized spacial score (nSPS) is 14.6. The minimum atomic E-state index is 0.828. The lowest BCUT2D eigenvalue weighted by Crippen LogP contribution is -2.20. The average Bonchev–Trinajstić information content (AvgIpc) is 2.75. The first-order valence-corrected chi connectivity index (χ1v) is 10.1. The highest BCUT2D eigenvalue weighted by molar-refractivity contribution is 5.86. The zero-order chi connectivity index (χ0) is 20.1. The van der Waals surface area contributed by atoms with Gasteiger partial charge in [0.1, 0.15) is 0 Å². The fourth-order valence-electron chi connectivity index (χ4n) is 3.59. The minimum absolute atomic E-state index is 0.828. The number of aliphatic imine (C=N–C) groups is 1. The van der Waals surface area contributed by atoms with Gasteiger partial charge in [0.25, 0.3) is 0 Å². The van der Waals surface area contributed by atoms with E-state index in [0.29, 0.717) is 0 Å². The van der Waals surface area contributed by atoms with Crippen molar-refractivity contribution in [1.29, 1.82) is 0 Å². The molecule has 0 spiro atoms. The van der Waals surface area contributed by atoms with Crippen molar-refractivity contribution >= 4 is 17.0 Å². The number of nitrogens with one attached hydrogen (secondary N) is 1. The molecule has 1 N–H and O–H groups in total. The molecule has 0 amide bonds. The number of hydrogen-bond donors (Lipinski definition) is 1. The van der Waals surface area contributed by atoms with E-state index < -0.39 is 0 Å².